The second kappa shape index (κ2) is 7.86. The number of ether oxygens (including phenoxy) is 1. The lowest BCUT2D eigenvalue weighted by molar-refractivity contribution is 0.0696. The molecule has 0 bridgehead atoms. The topological polar surface area (TPSA) is 49.8 Å². The molecular weight excluding hydrogens is 249 g/mol. The van der Waals surface area contributed by atoms with E-state index in [1.807, 2.05) is 13.8 Å². The molecule has 4 nitrogen and oxygen atoms in total. The lowest BCUT2D eigenvalue weighted by atomic mass is 10.1. The van der Waals surface area contributed by atoms with Crippen LogP contribution in [0, 0.1) is 5.82 Å². The van der Waals surface area contributed by atoms with Crippen LogP contribution in [0.1, 0.15) is 29.8 Å². The molecule has 0 radical (unpaired) electrons. The molecule has 106 valence electrons. The molecule has 0 atom stereocenters. The van der Waals surface area contributed by atoms with Crippen molar-refractivity contribution in [3.8, 4) is 0 Å². The lowest BCUT2D eigenvalue weighted by Crippen LogP contribution is -2.27. The standard InChI is InChI=1S/C14H20FNO3/c1-3-16(7-8-19-4-2)10-12-6-5-11(14(17)18)9-13(12)15/h5-6,9H,3-4,7-8,10H2,1-2H3,(H,17,18). The smallest absolute Gasteiger partial charge is 0.335 e. The highest BCUT2D eigenvalue weighted by Crippen LogP contribution is 2.13. The molecule has 0 saturated carbocycles. The van der Waals surface area contributed by atoms with Gasteiger partial charge < -0.3 is 9.84 Å². The number of aromatic carboxylic acids is 1. The maximum absolute atomic E-state index is 13.8. The van der Waals surface area contributed by atoms with Crippen LogP contribution in [0.25, 0.3) is 0 Å². The predicted molar refractivity (Wildman–Crippen MR) is 70.8 cm³/mol. The fraction of sp³-hybridized carbons (Fsp3) is 0.500. The largest absolute Gasteiger partial charge is 0.478 e. The van der Waals surface area contributed by atoms with Crippen LogP contribution in [0.15, 0.2) is 18.2 Å². The Kier molecular flexibility index (Phi) is 6.45. The molecule has 1 N–H and O–H groups in total. The van der Waals surface area contributed by atoms with E-state index in [1.54, 1.807) is 0 Å². The zero-order chi connectivity index (χ0) is 14.3. The highest BCUT2D eigenvalue weighted by Gasteiger charge is 2.11. The molecule has 0 aromatic heterocycles. The van der Waals surface area contributed by atoms with Crippen molar-refractivity contribution in [1.82, 2.24) is 4.90 Å². The molecule has 0 unspecified atom stereocenters. The third-order valence-electron chi connectivity index (χ3n) is 2.90. The van der Waals surface area contributed by atoms with Gasteiger partial charge in [0, 0.05) is 25.3 Å². The Morgan fingerprint density at radius 3 is 2.68 bits per heavy atom. The molecular formula is C14H20FNO3. The molecule has 1 aromatic rings. The van der Waals surface area contributed by atoms with Crippen LogP contribution < -0.4 is 0 Å². The number of hydrogen-bond acceptors (Lipinski definition) is 3. The molecule has 0 aliphatic rings. The molecule has 19 heavy (non-hydrogen) atoms. The van der Waals surface area contributed by atoms with Crippen LogP contribution in [0.3, 0.4) is 0 Å². The van der Waals surface area contributed by atoms with Gasteiger partial charge in [-0.3, -0.25) is 4.90 Å². The van der Waals surface area contributed by atoms with Gasteiger partial charge in [0.05, 0.1) is 12.2 Å². The minimum atomic E-state index is -1.12. The number of nitrogens with zero attached hydrogens (tertiary/aromatic N) is 1. The van der Waals surface area contributed by atoms with Gasteiger partial charge in [0.2, 0.25) is 0 Å². The Bertz CT molecular complexity index is 423. The molecule has 0 spiro atoms. The van der Waals surface area contributed by atoms with E-state index in [4.69, 9.17) is 9.84 Å². The van der Waals surface area contributed by atoms with E-state index in [0.717, 1.165) is 19.2 Å². The SMILES string of the molecule is CCOCCN(CC)Cc1ccc(C(=O)O)cc1F. The summed E-state index contributed by atoms with van der Waals surface area (Å²) in [6, 6.07) is 4.02. The maximum Gasteiger partial charge on any atom is 0.335 e. The lowest BCUT2D eigenvalue weighted by Gasteiger charge is -2.20. The van der Waals surface area contributed by atoms with E-state index in [1.165, 1.54) is 12.1 Å². The fourth-order valence-corrected chi connectivity index (χ4v) is 1.74. The first-order valence-corrected chi connectivity index (χ1v) is 6.40. The summed E-state index contributed by atoms with van der Waals surface area (Å²) < 4.78 is 19.0. The van der Waals surface area contributed by atoms with Crippen LogP contribution in [0.2, 0.25) is 0 Å². The second-order valence-corrected chi connectivity index (χ2v) is 4.18. The van der Waals surface area contributed by atoms with Crippen molar-refractivity contribution in [2.24, 2.45) is 0 Å². The van der Waals surface area contributed by atoms with E-state index in [9.17, 15) is 9.18 Å². The summed E-state index contributed by atoms with van der Waals surface area (Å²) in [7, 11) is 0. The number of carboxylic acids is 1. The minimum Gasteiger partial charge on any atom is -0.478 e. The average molecular weight is 269 g/mol. The van der Waals surface area contributed by atoms with E-state index in [2.05, 4.69) is 4.90 Å². The highest BCUT2D eigenvalue weighted by molar-refractivity contribution is 5.87. The molecule has 0 saturated heterocycles. The van der Waals surface area contributed by atoms with Crippen LogP contribution in [-0.2, 0) is 11.3 Å². The summed E-state index contributed by atoms with van der Waals surface area (Å²) in [5.41, 5.74) is 0.474. The van der Waals surface area contributed by atoms with E-state index >= 15 is 0 Å². The molecule has 1 rings (SSSR count). The number of carbonyl (C=O) groups is 1. The zero-order valence-corrected chi connectivity index (χ0v) is 11.4. The van der Waals surface area contributed by atoms with Gasteiger partial charge in [-0.15, -0.1) is 0 Å². The highest BCUT2D eigenvalue weighted by atomic mass is 19.1. The van der Waals surface area contributed by atoms with Gasteiger partial charge in [0.1, 0.15) is 5.82 Å². The summed E-state index contributed by atoms with van der Waals surface area (Å²) in [5, 5.41) is 8.78. The first-order chi connectivity index (χ1) is 9.08. The van der Waals surface area contributed by atoms with Gasteiger partial charge >= 0.3 is 5.97 Å². The van der Waals surface area contributed by atoms with Crippen molar-refractivity contribution in [2.45, 2.75) is 20.4 Å². The van der Waals surface area contributed by atoms with Gasteiger partial charge in [-0.2, -0.15) is 0 Å². The fourth-order valence-electron chi connectivity index (χ4n) is 1.74. The molecule has 0 fully saturated rings. The predicted octanol–water partition coefficient (Wildman–Crippen LogP) is 2.38. The third-order valence-corrected chi connectivity index (χ3v) is 2.90. The molecule has 0 aliphatic heterocycles. The van der Waals surface area contributed by atoms with Gasteiger partial charge in [-0.05, 0) is 25.6 Å². The van der Waals surface area contributed by atoms with Crippen molar-refractivity contribution >= 4 is 5.97 Å². The Hall–Kier alpha value is -1.46. The summed E-state index contributed by atoms with van der Waals surface area (Å²) in [6.45, 7) is 7.17. The number of hydrogen-bond donors (Lipinski definition) is 1. The van der Waals surface area contributed by atoms with E-state index in [-0.39, 0.29) is 5.56 Å². The normalized spacial score (nSPS) is 10.9. The molecule has 0 heterocycles. The number of benzene rings is 1. The third kappa shape index (κ3) is 4.96. The summed E-state index contributed by atoms with van der Waals surface area (Å²) >= 11 is 0. The molecule has 1 aromatic carbocycles. The van der Waals surface area contributed by atoms with Crippen molar-refractivity contribution in [2.75, 3.05) is 26.3 Å². The Morgan fingerprint density at radius 1 is 1.42 bits per heavy atom. The summed E-state index contributed by atoms with van der Waals surface area (Å²) in [6.07, 6.45) is 0. The van der Waals surface area contributed by atoms with Crippen molar-refractivity contribution in [3.05, 3.63) is 35.1 Å². The summed E-state index contributed by atoms with van der Waals surface area (Å²) in [4.78, 5) is 12.8. The average Bonchev–Trinajstić information content (AvgIpc) is 2.39. The van der Waals surface area contributed by atoms with Crippen molar-refractivity contribution < 1.29 is 19.0 Å². The van der Waals surface area contributed by atoms with Crippen LogP contribution in [0.5, 0.6) is 0 Å². The monoisotopic (exact) mass is 269 g/mol. The van der Waals surface area contributed by atoms with Crippen molar-refractivity contribution in [3.63, 3.8) is 0 Å². The summed E-state index contributed by atoms with van der Waals surface area (Å²) in [5.74, 6) is -1.59. The van der Waals surface area contributed by atoms with Gasteiger partial charge in [0.25, 0.3) is 0 Å². The number of likely N-dealkylation sites (N-methyl/N-ethyl adjacent to an activating group) is 1. The Balaban J connectivity index is 2.66. The number of carboxylic acid groups (broad SMARTS) is 1. The maximum atomic E-state index is 13.8. The minimum absolute atomic E-state index is 0.0291. The molecule has 5 heteroatoms. The quantitative estimate of drug-likeness (QED) is 0.736. The van der Waals surface area contributed by atoms with Gasteiger partial charge in [-0.1, -0.05) is 13.0 Å². The van der Waals surface area contributed by atoms with E-state index < -0.39 is 11.8 Å². The molecule has 0 amide bonds. The van der Waals surface area contributed by atoms with Gasteiger partial charge in [0.15, 0.2) is 0 Å². The number of rotatable bonds is 8. The van der Waals surface area contributed by atoms with Crippen LogP contribution in [-0.4, -0.2) is 42.3 Å². The van der Waals surface area contributed by atoms with Crippen molar-refractivity contribution in [1.29, 1.82) is 0 Å². The zero-order valence-electron chi connectivity index (χ0n) is 11.4. The second-order valence-electron chi connectivity index (χ2n) is 4.18. The first kappa shape index (κ1) is 15.6. The molecule has 0 aliphatic carbocycles. The van der Waals surface area contributed by atoms with Crippen LogP contribution >= 0.6 is 0 Å². The Labute approximate surface area is 112 Å². The Morgan fingerprint density at radius 2 is 2.16 bits per heavy atom. The van der Waals surface area contributed by atoms with E-state index in [0.29, 0.717) is 25.3 Å². The van der Waals surface area contributed by atoms with Gasteiger partial charge in [-0.25, -0.2) is 9.18 Å². The van der Waals surface area contributed by atoms with Crippen LogP contribution in [0.4, 0.5) is 4.39 Å². The first-order valence-electron chi connectivity index (χ1n) is 6.40. The number of halogens is 1.